The second-order valence-electron chi connectivity index (χ2n) is 4.16. The quantitative estimate of drug-likeness (QED) is 0.789. The standard InChI is InChI=1S/C9H12F3N3/c1-8(2,3)15-7-4-6(9(10,11)12)13-5-14-7/h4-5H,1-3H3,(H,13,14,15). The van der Waals surface area contributed by atoms with Gasteiger partial charge in [-0.05, 0) is 20.8 Å². The van der Waals surface area contributed by atoms with Crippen molar-refractivity contribution in [3.63, 3.8) is 0 Å². The molecular formula is C9H12F3N3. The first-order valence-electron chi connectivity index (χ1n) is 4.36. The number of alkyl halides is 3. The van der Waals surface area contributed by atoms with Crippen LogP contribution in [0.3, 0.4) is 0 Å². The van der Waals surface area contributed by atoms with E-state index in [0.29, 0.717) is 0 Å². The summed E-state index contributed by atoms with van der Waals surface area (Å²) in [7, 11) is 0. The van der Waals surface area contributed by atoms with Crippen molar-refractivity contribution in [2.24, 2.45) is 0 Å². The molecule has 1 heterocycles. The van der Waals surface area contributed by atoms with E-state index in [1.807, 2.05) is 20.8 Å². The zero-order valence-corrected chi connectivity index (χ0v) is 8.68. The predicted molar refractivity (Wildman–Crippen MR) is 50.4 cm³/mol. The van der Waals surface area contributed by atoms with Crippen molar-refractivity contribution in [3.8, 4) is 0 Å². The molecule has 0 aliphatic rings. The Bertz CT molecular complexity index is 341. The van der Waals surface area contributed by atoms with E-state index >= 15 is 0 Å². The maximum absolute atomic E-state index is 12.3. The molecule has 0 fully saturated rings. The van der Waals surface area contributed by atoms with Crippen LogP contribution in [0.1, 0.15) is 26.5 Å². The number of hydrogen-bond donors (Lipinski definition) is 1. The molecule has 0 spiro atoms. The highest BCUT2D eigenvalue weighted by Gasteiger charge is 2.33. The predicted octanol–water partition coefficient (Wildman–Crippen LogP) is 2.71. The summed E-state index contributed by atoms with van der Waals surface area (Å²) in [4.78, 5) is 6.88. The van der Waals surface area contributed by atoms with Gasteiger partial charge in [0.2, 0.25) is 0 Å². The van der Waals surface area contributed by atoms with Crippen molar-refractivity contribution in [2.75, 3.05) is 5.32 Å². The largest absolute Gasteiger partial charge is 0.433 e. The first-order chi connectivity index (χ1) is 6.68. The fourth-order valence-electron chi connectivity index (χ4n) is 0.965. The summed E-state index contributed by atoms with van der Waals surface area (Å²) >= 11 is 0. The number of nitrogens with zero attached hydrogens (tertiary/aromatic N) is 2. The summed E-state index contributed by atoms with van der Waals surface area (Å²) < 4.78 is 36.8. The van der Waals surface area contributed by atoms with E-state index in [1.54, 1.807) is 0 Å². The number of halogens is 3. The van der Waals surface area contributed by atoms with Gasteiger partial charge in [-0.15, -0.1) is 0 Å². The Morgan fingerprint density at radius 1 is 1.13 bits per heavy atom. The van der Waals surface area contributed by atoms with Crippen LogP contribution in [-0.4, -0.2) is 15.5 Å². The average Bonchev–Trinajstić information content (AvgIpc) is 1.99. The van der Waals surface area contributed by atoms with Gasteiger partial charge in [0.05, 0.1) is 0 Å². The third-order valence-electron chi connectivity index (χ3n) is 1.46. The monoisotopic (exact) mass is 219 g/mol. The zero-order chi connectivity index (χ0) is 11.7. The van der Waals surface area contributed by atoms with Crippen LogP contribution >= 0.6 is 0 Å². The molecule has 15 heavy (non-hydrogen) atoms. The van der Waals surface area contributed by atoms with E-state index in [4.69, 9.17) is 0 Å². The molecule has 0 bridgehead atoms. The molecule has 0 saturated heterocycles. The summed E-state index contributed by atoms with van der Waals surface area (Å²) in [6.45, 7) is 5.51. The van der Waals surface area contributed by atoms with Crippen LogP contribution in [0.4, 0.5) is 19.0 Å². The number of anilines is 1. The van der Waals surface area contributed by atoms with E-state index < -0.39 is 11.9 Å². The lowest BCUT2D eigenvalue weighted by Gasteiger charge is -2.21. The third-order valence-corrected chi connectivity index (χ3v) is 1.46. The molecule has 1 rings (SSSR count). The minimum absolute atomic E-state index is 0.171. The van der Waals surface area contributed by atoms with Gasteiger partial charge in [0.15, 0.2) is 0 Å². The topological polar surface area (TPSA) is 37.8 Å². The fraction of sp³-hybridized carbons (Fsp3) is 0.556. The molecule has 0 aliphatic heterocycles. The minimum atomic E-state index is -4.43. The maximum atomic E-state index is 12.3. The Morgan fingerprint density at radius 3 is 2.20 bits per heavy atom. The first-order valence-corrected chi connectivity index (χ1v) is 4.36. The molecule has 84 valence electrons. The Hall–Kier alpha value is -1.33. The molecule has 0 aliphatic carbocycles. The van der Waals surface area contributed by atoms with Gasteiger partial charge in [0.1, 0.15) is 17.8 Å². The Kier molecular flexibility index (Phi) is 2.88. The summed E-state index contributed by atoms with van der Waals surface area (Å²) in [5.74, 6) is 0.171. The normalized spacial score (nSPS) is 12.7. The molecule has 3 nitrogen and oxygen atoms in total. The highest BCUT2D eigenvalue weighted by atomic mass is 19.4. The fourth-order valence-corrected chi connectivity index (χ4v) is 0.965. The van der Waals surface area contributed by atoms with Gasteiger partial charge in [-0.25, -0.2) is 9.97 Å². The smallest absolute Gasteiger partial charge is 0.365 e. The van der Waals surface area contributed by atoms with Crippen LogP contribution in [0.15, 0.2) is 12.4 Å². The average molecular weight is 219 g/mol. The van der Waals surface area contributed by atoms with Crippen LogP contribution in [0.5, 0.6) is 0 Å². The minimum Gasteiger partial charge on any atom is -0.365 e. The Labute approximate surface area is 85.7 Å². The molecule has 6 heteroatoms. The number of rotatable bonds is 1. The summed E-state index contributed by atoms with van der Waals surface area (Å²) in [6.07, 6.45) is -3.53. The highest BCUT2D eigenvalue weighted by Crippen LogP contribution is 2.28. The second kappa shape index (κ2) is 3.67. The van der Waals surface area contributed by atoms with Crippen molar-refractivity contribution in [1.29, 1.82) is 0 Å². The Balaban J connectivity index is 2.94. The number of hydrogen-bond acceptors (Lipinski definition) is 3. The van der Waals surface area contributed by atoms with Crippen molar-refractivity contribution in [2.45, 2.75) is 32.5 Å². The molecule has 0 atom stereocenters. The first kappa shape index (κ1) is 11.7. The third kappa shape index (κ3) is 3.73. The van der Waals surface area contributed by atoms with E-state index in [-0.39, 0.29) is 11.4 Å². The zero-order valence-electron chi connectivity index (χ0n) is 8.68. The van der Waals surface area contributed by atoms with Gasteiger partial charge in [0, 0.05) is 11.6 Å². The highest BCUT2D eigenvalue weighted by molar-refractivity contribution is 5.37. The van der Waals surface area contributed by atoms with E-state index in [1.165, 1.54) is 0 Å². The number of aromatic nitrogens is 2. The van der Waals surface area contributed by atoms with Crippen molar-refractivity contribution in [1.82, 2.24) is 9.97 Å². The van der Waals surface area contributed by atoms with Crippen LogP contribution < -0.4 is 5.32 Å². The molecular weight excluding hydrogens is 207 g/mol. The van der Waals surface area contributed by atoms with Gasteiger partial charge in [-0.1, -0.05) is 0 Å². The van der Waals surface area contributed by atoms with Gasteiger partial charge in [-0.2, -0.15) is 13.2 Å². The summed E-state index contributed by atoms with van der Waals surface area (Å²) in [5, 5.41) is 2.84. The van der Waals surface area contributed by atoms with E-state index in [0.717, 1.165) is 12.4 Å². The molecule has 0 amide bonds. The van der Waals surface area contributed by atoms with E-state index in [9.17, 15) is 13.2 Å². The van der Waals surface area contributed by atoms with Gasteiger partial charge in [-0.3, -0.25) is 0 Å². The van der Waals surface area contributed by atoms with E-state index in [2.05, 4.69) is 15.3 Å². The van der Waals surface area contributed by atoms with Gasteiger partial charge in [0.25, 0.3) is 0 Å². The molecule has 1 N–H and O–H groups in total. The van der Waals surface area contributed by atoms with Gasteiger partial charge >= 0.3 is 6.18 Å². The molecule has 0 saturated carbocycles. The Morgan fingerprint density at radius 2 is 1.73 bits per heavy atom. The lowest BCUT2D eigenvalue weighted by Crippen LogP contribution is -2.27. The molecule has 0 radical (unpaired) electrons. The van der Waals surface area contributed by atoms with Crippen molar-refractivity contribution >= 4 is 5.82 Å². The second-order valence-corrected chi connectivity index (χ2v) is 4.16. The lowest BCUT2D eigenvalue weighted by atomic mass is 10.1. The SMILES string of the molecule is CC(C)(C)Nc1cc(C(F)(F)F)ncn1. The molecule has 0 aromatic carbocycles. The molecule has 0 unspecified atom stereocenters. The van der Waals surface area contributed by atoms with Crippen LogP contribution in [0, 0.1) is 0 Å². The lowest BCUT2D eigenvalue weighted by molar-refractivity contribution is -0.141. The summed E-state index contributed by atoms with van der Waals surface area (Å²) in [6, 6.07) is 0.894. The van der Waals surface area contributed by atoms with Crippen molar-refractivity contribution in [3.05, 3.63) is 18.1 Å². The van der Waals surface area contributed by atoms with Crippen LogP contribution in [0.2, 0.25) is 0 Å². The molecule has 1 aromatic rings. The van der Waals surface area contributed by atoms with Crippen LogP contribution in [0.25, 0.3) is 0 Å². The summed E-state index contributed by atoms with van der Waals surface area (Å²) in [5.41, 5.74) is -1.28. The van der Waals surface area contributed by atoms with Crippen molar-refractivity contribution < 1.29 is 13.2 Å². The van der Waals surface area contributed by atoms with Gasteiger partial charge < -0.3 is 5.32 Å². The molecule has 1 aromatic heterocycles. The maximum Gasteiger partial charge on any atom is 0.433 e. The number of nitrogens with one attached hydrogen (secondary N) is 1. The van der Waals surface area contributed by atoms with Crippen LogP contribution in [-0.2, 0) is 6.18 Å².